The highest BCUT2D eigenvalue weighted by atomic mass is 19.1. The van der Waals surface area contributed by atoms with Gasteiger partial charge in [-0.05, 0) is 72.6 Å². The standard InChI is InChI=1S/C25H25F2N3O/c1-15-10-16(12-18(28)11-15)19-8-9-29-14-17(19)13-24(31)23-7-6-22(27)25(30-23)20-4-2-3-5-21(20)26/h2-9,14-16,18H,10-13,28H2,1H3/t15-,16+,18-/m0/s1. The van der Waals surface area contributed by atoms with E-state index in [0.717, 1.165) is 36.5 Å². The molecule has 0 radical (unpaired) electrons. The van der Waals surface area contributed by atoms with Crippen LogP contribution in [0.4, 0.5) is 8.78 Å². The average molecular weight is 421 g/mol. The molecule has 1 aliphatic rings. The molecule has 1 aromatic carbocycles. The van der Waals surface area contributed by atoms with Gasteiger partial charge < -0.3 is 5.73 Å². The predicted octanol–water partition coefficient (Wildman–Crippen LogP) is 5.08. The number of benzene rings is 1. The van der Waals surface area contributed by atoms with Crippen LogP contribution in [0.25, 0.3) is 11.3 Å². The second kappa shape index (κ2) is 9.02. The lowest BCUT2D eigenvalue weighted by atomic mass is 9.75. The lowest BCUT2D eigenvalue weighted by Gasteiger charge is -2.32. The maximum atomic E-state index is 14.3. The molecule has 0 spiro atoms. The third-order valence-corrected chi connectivity index (χ3v) is 5.97. The van der Waals surface area contributed by atoms with E-state index in [1.54, 1.807) is 18.5 Å². The maximum Gasteiger partial charge on any atom is 0.185 e. The Balaban J connectivity index is 1.61. The molecule has 0 bridgehead atoms. The number of Topliss-reactive ketones (excluding diaryl/α,β-unsaturated/α-hetero) is 1. The number of nitrogens with two attached hydrogens (primary N) is 1. The van der Waals surface area contributed by atoms with Crippen molar-refractivity contribution in [3.63, 3.8) is 0 Å². The molecule has 1 aliphatic carbocycles. The average Bonchev–Trinajstić information content (AvgIpc) is 2.74. The van der Waals surface area contributed by atoms with Crippen LogP contribution in [0.15, 0.2) is 54.9 Å². The van der Waals surface area contributed by atoms with E-state index in [9.17, 15) is 13.6 Å². The number of hydrogen-bond donors (Lipinski definition) is 1. The third kappa shape index (κ3) is 4.69. The van der Waals surface area contributed by atoms with Crippen molar-refractivity contribution in [2.45, 2.75) is 44.6 Å². The fraction of sp³-hybridized carbons (Fsp3) is 0.320. The monoisotopic (exact) mass is 421 g/mol. The molecule has 0 aliphatic heterocycles. The first kappa shape index (κ1) is 21.2. The van der Waals surface area contributed by atoms with E-state index in [1.807, 2.05) is 6.07 Å². The van der Waals surface area contributed by atoms with Gasteiger partial charge in [0.05, 0.1) is 0 Å². The van der Waals surface area contributed by atoms with E-state index in [2.05, 4.69) is 16.9 Å². The Morgan fingerprint density at radius 3 is 2.65 bits per heavy atom. The number of carbonyl (C=O) groups is 1. The highest BCUT2D eigenvalue weighted by Crippen LogP contribution is 2.37. The number of halogens is 2. The molecule has 3 aromatic rings. The zero-order valence-electron chi connectivity index (χ0n) is 17.4. The summed E-state index contributed by atoms with van der Waals surface area (Å²) in [6.45, 7) is 2.20. The van der Waals surface area contributed by atoms with Gasteiger partial charge in [0.15, 0.2) is 5.78 Å². The number of hydrogen-bond acceptors (Lipinski definition) is 4. The van der Waals surface area contributed by atoms with Crippen LogP contribution in [0.5, 0.6) is 0 Å². The first-order valence-corrected chi connectivity index (χ1v) is 10.6. The molecule has 1 saturated carbocycles. The molecule has 0 amide bonds. The maximum absolute atomic E-state index is 14.3. The largest absolute Gasteiger partial charge is 0.328 e. The van der Waals surface area contributed by atoms with Crippen LogP contribution < -0.4 is 5.73 Å². The first-order valence-electron chi connectivity index (χ1n) is 10.6. The molecule has 160 valence electrons. The minimum Gasteiger partial charge on any atom is -0.328 e. The number of nitrogens with zero attached hydrogens (tertiary/aromatic N) is 2. The van der Waals surface area contributed by atoms with Crippen LogP contribution in [0.1, 0.15) is 53.7 Å². The predicted molar refractivity (Wildman–Crippen MR) is 116 cm³/mol. The number of rotatable bonds is 5. The molecular weight excluding hydrogens is 396 g/mol. The summed E-state index contributed by atoms with van der Waals surface area (Å²) in [6.07, 6.45) is 6.44. The Kier molecular flexibility index (Phi) is 6.18. The molecule has 0 unspecified atom stereocenters. The lowest BCUT2D eigenvalue weighted by Crippen LogP contribution is -2.31. The fourth-order valence-corrected chi connectivity index (χ4v) is 4.60. The zero-order chi connectivity index (χ0) is 22.0. The molecule has 31 heavy (non-hydrogen) atoms. The summed E-state index contributed by atoms with van der Waals surface area (Å²) < 4.78 is 28.5. The van der Waals surface area contributed by atoms with E-state index in [0.29, 0.717) is 5.92 Å². The molecule has 4 nitrogen and oxygen atoms in total. The van der Waals surface area contributed by atoms with Gasteiger partial charge >= 0.3 is 0 Å². The Labute approximate surface area is 180 Å². The van der Waals surface area contributed by atoms with Crippen molar-refractivity contribution in [3.8, 4) is 11.3 Å². The zero-order valence-corrected chi connectivity index (χ0v) is 17.4. The number of carbonyl (C=O) groups excluding carboxylic acids is 1. The van der Waals surface area contributed by atoms with Crippen molar-refractivity contribution < 1.29 is 13.6 Å². The Hall–Kier alpha value is -2.99. The topological polar surface area (TPSA) is 68.9 Å². The highest BCUT2D eigenvalue weighted by Gasteiger charge is 2.27. The van der Waals surface area contributed by atoms with E-state index < -0.39 is 11.6 Å². The Morgan fingerprint density at radius 2 is 1.87 bits per heavy atom. The van der Waals surface area contributed by atoms with Crippen LogP contribution in [0, 0.1) is 17.6 Å². The summed E-state index contributed by atoms with van der Waals surface area (Å²) in [5, 5.41) is 0. The van der Waals surface area contributed by atoms with Crippen LogP contribution in [-0.2, 0) is 6.42 Å². The highest BCUT2D eigenvalue weighted by molar-refractivity contribution is 5.96. The van der Waals surface area contributed by atoms with Gasteiger partial charge in [-0.2, -0.15) is 0 Å². The minimum absolute atomic E-state index is 0.0295. The van der Waals surface area contributed by atoms with Gasteiger partial charge in [0.25, 0.3) is 0 Å². The Morgan fingerprint density at radius 1 is 1.06 bits per heavy atom. The molecular formula is C25H25F2N3O. The number of pyridine rings is 2. The van der Waals surface area contributed by atoms with Gasteiger partial charge in [-0.3, -0.25) is 9.78 Å². The summed E-state index contributed by atoms with van der Waals surface area (Å²) in [7, 11) is 0. The normalized spacial score (nSPS) is 21.1. The molecule has 1 fully saturated rings. The molecule has 2 heterocycles. The molecule has 0 saturated heterocycles. The Bertz CT molecular complexity index is 1090. The SMILES string of the molecule is C[C@@H]1C[C@H](N)C[C@H](c2ccncc2CC(=O)c2ccc(F)c(-c3ccccc3F)n2)C1. The fourth-order valence-electron chi connectivity index (χ4n) is 4.60. The third-order valence-electron chi connectivity index (χ3n) is 5.97. The smallest absolute Gasteiger partial charge is 0.185 e. The van der Waals surface area contributed by atoms with E-state index in [4.69, 9.17) is 5.73 Å². The van der Waals surface area contributed by atoms with E-state index in [-0.39, 0.29) is 41.1 Å². The van der Waals surface area contributed by atoms with Crippen molar-refractivity contribution in [2.24, 2.45) is 11.7 Å². The molecule has 6 heteroatoms. The van der Waals surface area contributed by atoms with Crippen LogP contribution in [-0.4, -0.2) is 21.8 Å². The van der Waals surface area contributed by atoms with Gasteiger partial charge in [0, 0.05) is 30.4 Å². The van der Waals surface area contributed by atoms with Crippen molar-refractivity contribution >= 4 is 5.78 Å². The first-order chi connectivity index (χ1) is 14.9. The molecule has 2 aromatic heterocycles. The summed E-state index contributed by atoms with van der Waals surface area (Å²) in [5.74, 6) is -0.725. The number of ketones is 1. The van der Waals surface area contributed by atoms with Crippen molar-refractivity contribution in [2.75, 3.05) is 0 Å². The van der Waals surface area contributed by atoms with Gasteiger partial charge in [0.2, 0.25) is 0 Å². The second-order valence-corrected chi connectivity index (χ2v) is 8.45. The van der Waals surface area contributed by atoms with Gasteiger partial charge in [0.1, 0.15) is 23.0 Å². The van der Waals surface area contributed by atoms with Gasteiger partial charge in [-0.15, -0.1) is 0 Å². The van der Waals surface area contributed by atoms with Crippen LogP contribution in [0.2, 0.25) is 0 Å². The van der Waals surface area contributed by atoms with E-state index >= 15 is 0 Å². The number of aromatic nitrogens is 2. The van der Waals surface area contributed by atoms with Crippen molar-refractivity contribution in [1.29, 1.82) is 0 Å². The minimum atomic E-state index is -0.672. The summed E-state index contributed by atoms with van der Waals surface area (Å²) >= 11 is 0. The molecule has 3 atom stereocenters. The van der Waals surface area contributed by atoms with Crippen LogP contribution >= 0.6 is 0 Å². The van der Waals surface area contributed by atoms with E-state index in [1.165, 1.54) is 24.3 Å². The summed E-state index contributed by atoms with van der Waals surface area (Å²) in [6, 6.07) is 10.4. The van der Waals surface area contributed by atoms with Crippen LogP contribution in [0.3, 0.4) is 0 Å². The lowest BCUT2D eigenvalue weighted by molar-refractivity contribution is 0.0987. The van der Waals surface area contributed by atoms with Crippen molar-refractivity contribution in [1.82, 2.24) is 9.97 Å². The quantitative estimate of drug-likeness (QED) is 0.584. The molecule has 4 rings (SSSR count). The van der Waals surface area contributed by atoms with Crippen molar-refractivity contribution in [3.05, 3.63) is 83.3 Å². The summed E-state index contributed by atoms with van der Waals surface area (Å²) in [5.41, 5.74) is 8.12. The second-order valence-electron chi connectivity index (χ2n) is 8.45. The van der Waals surface area contributed by atoms with Gasteiger partial charge in [-0.25, -0.2) is 13.8 Å². The molecule has 2 N–H and O–H groups in total. The van der Waals surface area contributed by atoms with Gasteiger partial charge in [-0.1, -0.05) is 19.1 Å². The summed E-state index contributed by atoms with van der Waals surface area (Å²) in [4.78, 5) is 21.4.